The molecule has 3 atom stereocenters. The zero-order chi connectivity index (χ0) is 85.0. The van der Waals surface area contributed by atoms with E-state index >= 15 is 0 Å². The van der Waals surface area contributed by atoms with Crippen molar-refractivity contribution in [3.05, 3.63) is 88.0 Å². The van der Waals surface area contributed by atoms with Crippen LogP contribution < -0.4 is 41.4 Å². The number of carboxylic acid groups (broad SMARTS) is 2. The predicted octanol–water partition coefficient (Wildman–Crippen LogP) is 3.34. The number of carbonyl (C=O) groups excluding carboxylic acids is 17. The van der Waals surface area contributed by atoms with Gasteiger partial charge in [0.05, 0.1) is 39.9 Å². The Hall–Kier alpha value is -6.45. The fraction of sp³-hybridized carbons (Fsp3) is 0.413. The summed E-state index contributed by atoms with van der Waals surface area (Å²) in [4.78, 5) is 224. The number of nitrogen functional groups attached to an aromatic ring is 3. The van der Waals surface area contributed by atoms with E-state index in [0.29, 0.717) is 0 Å². The summed E-state index contributed by atoms with van der Waals surface area (Å²) in [6.45, 7) is 5.88. The second-order valence-corrected chi connectivity index (χ2v) is 28.5. The van der Waals surface area contributed by atoms with Gasteiger partial charge in [-0.2, -0.15) is 12.6 Å². The Morgan fingerprint density at radius 3 is 1.14 bits per heavy atom. The number of hydrogen-bond donors (Lipinski definition) is 7. The van der Waals surface area contributed by atoms with Crippen molar-refractivity contribution in [2.45, 2.75) is 83.8 Å². The quantitative estimate of drug-likeness (QED) is 0.0124. The van der Waals surface area contributed by atoms with Crippen LogP contribution in [-0.4, -0.2) is 251 Å². The Kier molecular flexibility index (Phi) is 58.0. The van der Waals surface area contributed by atoms with Crippen molar-refractivity contribution in [1.29, 1.82) is 0 Å². The first kappa shape index (κ1) is 109. The Morgan fingerprint density at radius 1 is 0.595 bits per heavy atom. The van der Waals surface area contributed by atoms with Crippen LogP contribution in [-0.2, 0) is 96.4 Å². The minimum atomic E-state index is -1.16. The molecule has 9 N–H and O–H groups in total. The SMILES string of the molecule is CCC.CCOC.CN(C)CC(=O)OCN1C(=O)CCC(N2C(=O)c3cccc(N)c3C2=O)C1=O.Cl.Nc1cccc2c1C(=O)N(C1CCC(=O)N(COC(=O)CBr)C1=O)C2=O.Nc1cccc2c1C(=O)N(C1CCC(=O)NC1=O)C2=O.O=C(CBr)OCCl.O=C(Cl)C(=O)Cl.O=C(O)CBr.O=C(O)CCl.[2H]CS.[Cl][Zn][Cl].[H-].[Li+]. The first-order valence-corrected chi connectivity index (χ1v) is 44.4. The molecule has 3 fully saturated rings. The maximum absolute atomic E-state index is 12.8. The Balaban J connectivity index is -0.000000421. The molecule has 0 bridgehead atoms. The summed E-state index contributed by atoms with van der Waals surface area (Å²) in [5, 5.41) is 15.3. The normalized spacial score (nSPS) is 15.8. The van der Waals surface area contributed by atoms with Gasteiger partial charge in [-0.25, -0.2) is 9.80 Å². The number of imide groups is 6. The van der Waals surface area contributed by atoms with Crippen molar-refractivity contribution < 1.29 is 157 Å². The first-order chi connectivity index (χ1) is 51.7. The molecule has 0 aromatic heterocycles. The summed E-state index contributed by atoms with van der Waals surface area (Å²) in [5.74, 6) is -11.1. The number of thiol groups is 1. The number of aliphatic carboxylic acids is 2. The number of alkyl halides is 5. The van der Waals surface area contributed by atoms with Gasteiger partial charge in [-0.3, -0.25) is 116 Å². The molecule has 0 spiro atoms. The van der Waals surface area contributed by atoms with E-state index in [-0.39, 0.29) is 168 Å². The van der Waals surface area contributed by atoms with Crippen molar-refractivity contribution in [3.63, 3.8) is 0 Å². The van der Waals surface area contributed by atoms with Gasteiger partial charge in [-0.05, 0) is 106 Å². The molecule has 3 unspecified atom stereocenters. The molecule has 6 aliphatic heterocycles. The van der Waals surface area contributed by atoms with E-state index in [1.807, 2.05) is 6.92 Å². The van der Waals surface area contributed by atoms with Crippen LogP contribution in [0.4, 0.5) is 17.1 Å². The van der Waals surface area contributed by atoms with E-state index in [2.05, 4.69) is 112 Å². The third kappa shape index (κ3) is 35.9. The number of nitrogens with two attached hydrogens (primary N) is 3. The number of likely N-dealkylation sites (tertiary alicyclic amines) is 2. The number of carboxylic acids is 2. The average Bonchev–Trinajstić information content (AvgIpc) is 1.62. The van der Waals surface area contributed by atoms with E-state index in [9.17, 15) is 91.1 Å². The Bertz CT molecular complexity index is 3820. The summed E-state index contributed by atoms with van der Waals surface area (Å²) < 4.78 is 24.7. The maximum Gasteiger partial charge on any atom is 1.00 e. The number of methoxy groups -OCH3 is 1. The molecule has 48 heteroatoms. The van der Waals surface area contributed by atoms with Gasteiger partial charge in [0, 0.05) is 51.4 Å². The fourth-order valence-electron chi connectivity index (χ4n) is 8.87. The summed E-state index contributed by atoms with van der Waals surface area (Å²) in [6, 6.07) is 10.3. The summed E-state index contributed by atoms with van der Waals surface area (Å²) in [7, 11) is 14.9. The van der Waals surface area contributed by atoms with Gasteiger partial charge in [-0.15, -0.1) is 24.0 Å². The van der Waals surface area contributed by atoms with Gasteiger partial charge in [0.2, 0.25) is 23.6 Å². The molecule has 35 nitrogen and oxygen atoms in total. The van der Waals surface area contributed by atoms with Crippen LogP contribution in [0.25, 0.3) is 0 Å². The number of halogens is 10. The van der Waals surface area contributed by atoms with Crippen LogP contribution in [0.3, 0.4) is 0 Å². The number of ether oxygens (including phenoxy) is 4. The Labute approximate surface area is 723 Å². The average molecular weight is 1970 g/mol. The van der Waals surface area contributed by atoms with Crippen LogP contribution >= 0.6 is 139 Å². The number of likely N-dealkylation sites (N-methyl/N-ethyl adjacent to an activating group) is 1. The third-order valence-corrected chi connectivity index (χ3v) is 15.5. The number of benzene rings is 3. The number of anilines is 3. The second kappa shape index (κ2) is 59.3. The van der Waals surface area contributed by atoms with Gasteiger partial charge < -0.3 is 47.8 Å². The minimum Gasteiger partial charge on any atom is -1.00 e. The number of nitrogens with zero attached hydrogens (tertiary/aromatic N) is 6. The van der Waals surface area contributed by atoms with Crippen molar-refractivity contribution in [2.24, 2.45) is 0 Å². The van der Waals surface area contributed by atoms with E-state index in [1.54, 1.807) is 44.3 Å². The van der Waals surface area contributed by atoms with Crippen LogP contribution in [0.2, 0.25) is 0 Å². The van der Waals surface area contributed by atoms with Gasteiger partial charge >= 0.3 is 93.7 Å². The number of rotatable bonds is 16. The van der Waals surface area contributed by atoms with Crippen molar-refractivity contribution in [1.82, 2.24) is 34.7 Å². The number of piperidine rings is 3. The molecule has 3 aromatic rings. The summed E-state index contributed by atoms with van der Waals surface area (Å²) in [5.41, 5.74) is 18.5. The molecule has 3 aromatic carbocycles. The van der Waals surface area contributed by atoms with Crippen LogP contribution in [0.15, 0.2) is 54.6 Å². The van der Waals surface area contributed by atoms with E-state index in [0.717, 1.165) is 31.1 Å². The van der Waals surface area contributed by atoms with Crippen LogP contribution in [0.1, 0.15) is 131 Å². The second-order valence-electron chi connectivity index (χ2n) is 21.1. The molecule has 111 heavy (non-hydrogen) atoms. The van der Waals surface area contributed by atoms with E-state index in [4.69, 9.17) is 80.8 Å². The van der Waals surface area contributed by atoms with Crippen LogP contribution in [0.5, 0.6) is 0 Å². The zero-order valence-corrected chi connectivity index (χ0v) is 74.1. The topological polar surface area (TPSA) is 511 Å². The third-order valence-electron chi connectivity index (χ3n) is 13.3. The summed E-state index contributed by atoms with van der Waals surface area (Å²) in [6.07, 6.45) is 1.56. The number of amides is 12. The molecule has 0 saturated carbocycles. The van der Waals surface area contributed by atoms with Gasteiger partial charge in [-0.1, -0.05) is 97.9 Å². The van der Waals surface area contributed by atoms with Gasteiger partial charge in [0.1, 0.15) is 40.0 Å². The van der Waals surface area contributed by atoms with Crippen molar-refractivity contribution in [3.8, 4) is 0 Å². The standard InChI is InChI=1S/C18H20N4O6.C16H14BrN3O6.C13H11N3O4.C3H4BrClO2.C3H8O.C3H8.C2H3BrO2.C2Cl2O2.C2H3ClO2.CH4S.3ClH.Li.Zn.H/c1-20(2)8-14(24)28-9-21-13(23)7-6-12(17(21)26)22-16(25)10-4-3-5-11(19)15(10)18(22)27;17-6-12(22)26-7-19-11(21)5-4-10(15(19)24)20-14(23)8-2-1-3-9(18)13(8)16(20)25;14-7-3-1-2-6-10(7)13(20)16(12(6)19)8-4-5-9(17)15-11(8)18;4-1-3(6)7-2-5;1-3-4-2;1-3-2;3-1-2(4)5;3-1(5)2(4)6;3-1-2(4)5;1-2;;;;;;/h3-5,12H,6-9,19H2,1-2H3;1-3,10H,4-7,18H2;1-3,8H,4-5,14H2,(H,15,17,18);1-2H2;3H2,1-2H3;3H2,1-2H3;1H2,(H,4,5);;1H2,(H,4,5);2H,1H3;3*1H;;;/q;;;;;;;;;;;;;+1;+2;-1/p-2/i;;;;;;;;;1D;;;;;;. The van der Waals surface area contributed by atoms with E-state index < -0.39 is 152 Å². The molecule has 608 valence electrons. The monoisotopic (exact) mass is 1960 g/mol. The van der Waals surface area contributed by atoms with Gasteiger partial charge in [0.25, 0.3) is 47.3 Å². The smallest absolute Gasteiger partial charge is 1.00 e. The molecule has 9 rings (SSSR count). The minimum absolute atomic E-state index is 0. The number of hydrogen-bond acceptors (Lipinski definition) is 28. The molecule has 3 saturated heterocycles. The number of carbonyl (C=O) groups is 19. The molecule has 6 aliphatic rings. The van der Waals surface area contributed by atoms with Crippen molar-refractivity contribution in [2.75, 3.05) is 99.2 Å². The van der Waals surface area contributed by atoms with E-state index in [1.165, 1.54) is 42.8 Å². The molecule has 0 radical (unpaired) electrons. The first-order valence-electron chi connectivity index (χ1n) is 31.5. The molecule has 6 heterocycles. The number of nitrogens with one attached hydrogen (secondary N) is 1. The Morgan fingerprint density at radius 2 is 0.892 bits per heavy atom. The summed E-state index contributed by atoms with van der Waals surface area (Å²) >= 11 is 29.8. The predicted molar refractivity (Wildman–Crippen MR) is 415 cm³/mol. The van der Waals surface area contributed by atoms with Crippen LogP contribution in [0, 0.1) is 0 Å². The zero-order valence-electron chi connectivity index (χ0n) is 62.1. The molecular formula is C63H77Br3Cl7LiN10O25SZn. The largest absolute Gasteiger partial charge is 1.00 e. The number of esters is 3. The van der Waals surface area contributed by atoms with Gasteiger partial charge in [0.15, 0.2) is 19.5 Å². The molecule has 12 amide bonds. The molecular weight excluding hydrogens is 1890 g/mol. The number of fused-ring (bicyclic) bond motifs is 3. The fourth-order valence-corrected chi connectivity index (χ4v) is 9.32. The van der Waals surface area contributed by atoms with Crippen molar-refractivity contribution >= 4 is 267 Å². The maximum atomic E-state index is 12.8. The molecule has 0 aliphatic carbocycles.